The van der Waals surface area contributed by atoms with Gasteiger partial charge in [0.15, 0.2) is 0 Å². The van der Waals surface area contributed by atoms with Crippen LogP contribution in [0.2, 0.25) is 5.02 Å². The number of likely N-dealkylation sites (tertiary alicyclic amines) is 1. The Bertz CT molecular complexity index is 2360. The van der Waals surface area contributed by atoms with Crippen molar-refractivity contribution in [1.29, 1.82) is 5.26 Å². The average Bonchev–Trinajstić information content (AvgIpc) is 3.19. The molecule has 2 aliphatic rings. The highest BCUT2D eigenvalue weighted by Crippen LogP contribution is 2.37. The van der Waals surface area contributed by atoms with Crippen LogP contribution in [0.3, 0.4) is 0 Å². The maximum Gasteiger partial charge on any atom is 0.407 e. The number of allylic oxidation sites excluding steroid dienone is 1. The highest BCUT2D eigenvalue weighted by Gasteiger charge is 2.26. The van der Waals surface area contributed by atoms with Crippen molar-refractivity contribution < 1.29 is 19.0 Å². The van der Waals surface area contributed by atoms with E-state index in [4.69, 9.17) is 35.8 Å². The van der Waals surface area contributed by atoms with Crippen LogP contribution in [-0.2, 0) is 24.5 Å². The minimum atomic E-state index is -0.561. The van der Waals surface area contributed by atoms with E-state index in [9.17, 15) is 10.1 Å². The van der Waals surface area contributed by atoms with Gasteiger partial charge in [0.2, 0.25) is 0 Å². The number of alkyl carbamates (subject to hydrolysis) is 1. The van der Waals surface area contributed by atoms with Gasteiger partial charge < -0.3 is 19.5 Å². The first-order chi connectivity index (χ1) is 27.9. The van der Waals surface area contributed by atoms with Crippen LogP contribution in [0.15, 0.2) is 79.3 Å². The van der Waals surface area contributed by atoms with E-state index in [1.165, 1.54) is 19.3 Å². The number of amides is 1. The van der Waals surface area contributed by atoms with Crippen LogP contribution in [0.5, 0.6) is 11.5 Å². The number of carbonyl (C=O) groups excluding carboxylic acids is 1. The highest BCUT2D eigenvalue weighted by atomic mass is 35.5. The summed E-state index contributed by atoms with van der Waals surface area (Å²) in [6, 6.07) is 20.1. The average molecular weight is 799 g/mol. The van der Waals surface area contributed by atoms with Gasteiger partial charge in [0.1, 0.15) is 36.4 Å². The summed E-state index contributed by atoms with van der Waals surface area (Å²) in [5.41, 5.74) is 9.42. The van der Waals surface area contributed by atoms with E-state index in [2.05, 4.69) is 65.5 Å². The summed E-state index contributed by atoms with van der Waals surface area (Å²) in [5.74, 6) is 1.50. The summed E-state index contributed by atoms with van der Waals surface area (Å²) in [6.45, 7) is 13.2. The number of halogens is 1. The number of hydrogen-bond acceptors (Lipinski definition) is 9. The number of piperidine rings is 1. The Morgan fingerprint density at radius 1 is 0.966 bits per heavy atom. The Morgan fingerprint density at radius 3 is 2.57 bits per heavy atom. The second-order valence-electron chi connectivity index (χ2n) is 16.5. The molecule has 2 unspecified atom stereocenters. The second-order valence-corrected chi connectivity index (χ2v) is 16.9. The van der Waals surface area contributed by atoms with Crippen LogP contribution in [0.25, 0.3) is 27.7 Å². The second kappa shape index (κ2) is 18.0. The topological polar surface area (TPSA) is 122 Å². The molecule has 1 fully saturated rings. The third-order valence-corrected chi connectivity index (χ3v) is 10.9. The molecule has 0 saturated carbocycles. The van der Waals surface area contributed by atoms with Crippen molar-refractivity contribution in [1.82, 2.24) is 25.2 Å². The summed E-state index contributed by atoms with van der Waals surface area (Å²) in [6.07, 6.45) is 12.0. The number of ether oxygens (including phenoxy) is 3. The summed E-state index contributed by atoms with van der Waals surface area (Å²) >= 11 is 6.91. The first-order valence-corrected chi connectivity index (χ1v) is 20.5. The zero-order valence-electron chi connectivity index (χ0n) is 34.0. The minimum Gasteiger partial charge on any atom is -0.488 e. The zero-order valence-corrected chi connectivity index (χ0v) is 34.7. The number of hydrogen-bond donors (Lipinski definition) is 1. The van der Waals surface area contributed by atoms with Crippen LogP contribution in [0.1, 0.15) is 93.3 Å². The number of pyridine rings is 1. The maximum absolute atomic E-state index is 12.6. The fourth-order valence-electron chi connectivity index (χ4n) is 7.78. The molecule has 7 rings (SSSR count). The minimum absolute atomic E-state index is 0.0571. The van der Waals surface area contributed by atoms with Gasteiger partial charge in [0.25, 0.3) is 0 Å². The summed E-state index contributed by atoms with van der Waals surface area (Å²) in [7, 11) is 0. The molecule has 5 aromatic rings. The molecule has 1 aliphatic heterocycles. The van der Waals surface area contributed by atoms with E-state index in [0.717, 1.165) is 81.7 Å². The lowest BCUT2D eigenvalue weighted by molar-refractivity contribution is 0.0499. The molecule has 0 spiro atoms. The molecular formula is C47H51ClN6O4. The first-order valence-electron chi connectivity index (χ1n) is 20.1. The molecule has 3 aromatic carbocycles. The molecule has 0 radical (unpaired) electrons. The van der Waals surface area contributed by atoms with E-state index in [0.29, 0.717) is 35.1 Å². The van der Waals surface area contributed by atoms with Crippen molar-refractivity contribution in [2.24, 2.45) is 5.92 Å². The molecule has 0 bridgehead atoms. The molecule has 10 nitrogen and oxygen atoms in total. The SMILES string of the molecule is Cc1c(COc2cc(OCc3cncc(C#N)c3)c(CN3CCCCC3)cc2Cl)cccc1-c1ccc2ncc(C3=CC(C)CC(NC(=O)OC(C)(C)C)C3)nc2c1. The largest absolute Gasteiger partial charge is 0.488 e. The molecule has 2 atom stereocenters. The van der Waals surface area contributed by atoms with Crippen molar-refractivity contribution in [3.8, 4) is 28.7 Å². The smallest absolute Gasteiger partial charge is 0.407 e. The van der Waals surface area contributed by atoms with Crippen molar-refractivity contribution in [3.05, 3.63) is 118 Å². The fraction of sp³-hybridized carbons (Fsp3) is 0.383. The number of rotatable bonds is 11. The van der Waals surface area contributed by atoms with Crippen molar-refractivity contribution >= 4 is 34.3 Å². The number of aromatic nitrogens is 3. The lowest BCUT2D eigenvalue weighted by atomic mass is 9.86. The van der Waals surface area contributed by atoms with E-state index in [-0.39, 0.29) is 18.6 Å². The van der Waals surface area contributed by atoms with Crippen LogP contribution in [-0.4, -0.2) is 50.7 Å². The number of benzene rings is 3. The Hall–Kier alpha value is -5.50. The summed E-state index contributed by atoms with van der Waals surface area (Å²) in [4.78, 5) is 29.0. The van der Waals surface area contributed by atoms with Crippen LogP contribution < -0.4 is 14.8 Å². The monoisotopic (exact) mass is 798 g/mol. The molecule has 300 valence electrons. The van der Waals surface area contributed by atoms with Gasteiger partial charge in [-0.1, -0.05) is 55.3 Å². The van der Waals surface area contributed by atoms with Crippen LogP contribution >= 0.6 is 11.6 Å². The number of nitriles is 1. The van der Waals surface area contributed by atoms with Gasteiger partial charge in [-0.3, -0.25) is 14.9 Å². The number of nitrogens with zero attached hydrogens (tertiary/aromatic N) is 5. The lowest BCUT2D eigenvalue weighted by Gasteiger charge is -2.28. The van der Waals surface area contributed by atoms with Gasteiger partial charge in [-0.05, 0) is 124 Å². The van der Waals surface area contributed by atoms with Gasteiger partial charge in [-0.15, -0.1) is 0 Å². The van der Waals surface area contributed by atoms with Crippen LogP contribution in [0, 0.1) is 24.2 Å². The molecule has 2 aromatic heterocycles. The van der Waals surface area contributed by atoms with Gasteiger partial charge in [0, 0.05) is 42.2 Å². The van der Waals surface area contributed by atoms with Crippen molar-refractivity contribution in [2.75, 3.05) is 13.1 Å². The van der Waals surface area contributed by atoms with E-state index in [1.807, 2.05) is 51.2 Å². The molecule has 1 N–H and O–H groups in total. The number of carbonyl (C=O) groups is 1. The standard InChI is InChI=1S/C47H51ClN6O4/c1-30-16-36(19-38(17-30)52-46(55)58-47(3,4)5)43-26-51-41-13-12-34(21-42(41)53-43)39-11-9-10-35(31(39)2)29-57-45-22-44(56-28-33-18-32(23-49)24-50-25-33)37(20-40(45)48)27-54-14-7-6-8-15-54/h9-13,16,18,20-22,24-26,30,38H,6-8,14-15,17,19,27-29H2,1-5H3,(H,52,55). The van der Waals surface area contributed by atoms with E-state index < -0.39 is 11.7 Å². The predicted molar refractivity (Wildman–Crippen MR) is 227 cm³/mol. The predicted octanol–water partition coefficient (Wildman–Crippen LogP) is 10.4. The third-order valence-electron chi connectivity index (χ3n) is 10.6. The fourth-order valence-corrected chi connectivity index (χ4v) is 8.03. The molecule has 1 aliphatic carbocycles. The highest BCUT2D eigenvalue weighted by molar-refractivity contribution is 6.32. The number of nitrogens with one attached hydrogen (secondary N) is 1. The normalized spacial score (nSPS) is 17.3. The van der Waals surface area contributed by atoms with Crippen molar-refractivity contribution in [2.45, 2.75) is 98.1 Å². The maximum atomic E-state index is 12.6. The summed E-state index contributed by atoms with van der Waals surface area (Å²) in [5, 5.41) is 12.9. The van der Waals surface area contributed by atoms with E-state index in [1.54, 1.807) is 18.5 Å². The lowest BCUT2D eigenvalue weighted by Crippen LogP contribution is -2.41. The molecule has 58 heavy (non-hydrogen) atoms. The Morgan fingerprint density at radius 2 is 1.78 bits per heavy atom. The molecular weight excluding hydrogens is 748 g/mol. The zero-order chi connectivity index (χ0) is 40.8. The summed E-state index contributed by atoms with van der Waals surface area (Å²) < 4.78 is 18.4. The van der Waals surface area contributed by atoms with E-state index >= 15 is 0 Å². The molecule has 1 amide bonds. The Labute approximate surface area is 346 Å². The van der Waals surface area contributed by atoms with Gasteiger partial charge in [0.05, 0.1) is 33.5 Å². The Kier molecular flexibility index (Phi) is 12.6. The Balaban J connectivity index is 1.09. The van der Waals surface area contributed by atoms with Gasteiger partial charge in [-0.2, -0.15) is 5.26 Å². The van der Waals surface area contributed by atoms with Gasteiger partial charge >= 0.3 is 6.09 Å². The first kappa shape index (κ1) is 40.7. The molecule has 11 heteroatoms. The third kappa shape index (κ3) is 10.3. The number of fused-ring (bicyclic) bond motifs is 1. The van der Waals surface area contributed by atoms with Crippen molar-refractivity contribution in [3.63, 3.8) is 0 Å². The molecule has 3 heterocycles. The molecule has 1 saturated heterocycles. The van der Waals surface area contributed by atoms with Crippen LogP contribution in [0.4, 0.5) is 4.79 Å². The van der Waals surface area contributed by atoms with Gasteiger partial charge in [-0.25, -0.2) is 9.78 Å². The quantitative estimate of drug-likeness (QED) is 0.139.